The van der Waals surface area contributed by atoms with E-state index in [1.807, 2.05) is 32.0 Å². The summed E-state index contributed by atoms with van der Waals surface area (Å²) in [5.74, 6) is -0.0318. The van der Waals surface area contributed by atoms with E-state index in [1.54, 1.807) is 0 Å². The highest BCUT2D eigenvalue weighted by Gasteiger charge is 2.29. The highest BCUT2D eigenvalue weighted by atomic mass is 127. The third kappa shape index (κ3) is 3.66. The highest BCUT2D eigenvalue weighted by Crippen LogP contribution is 2.25. The van der Waals surface area contributed by atoms with Gasteiger partial charge in [-0.2, -0.15) is 0 Å². The Morgan fingerprint density at radius 1 is 1.59 bits per heavy atom. The highest BCUT2D eigenvalue weighted by molar-refractivity contribution is 14.1. The summed E-state index contributed by atoms with van der Waals surface area (Å²) in [5, 5.41) is 2.90. The van der Waals surface area contributed by atoms with Gasteiger partial charge in [-0.1, -0.05) is 6.92 Å². The van der Waals surface area contributed by atoms with E-state index < -0.39 is 5.41 Å². The van der Waals surface area contributed by atoms with Gasteiger partial charge in [0.25, 0.3) is 0 Å². The normalized spacial score (nSPS) is 14.2. The molecule has 1 atom stereocenters. The van der Waals surface area contributed by atoms with Crippen LogP contribution in [0.25, 0.3) is 0 Å². The Bertz CT molecular complexity index is 419. The molecule has 0 spiro atoms. The number of rotatable bonds is 4. The van der Waals surface area contributed by atoms with Crippen molar-refractivity contribution < 1.29 is 4.79 Å². The molecule has 3 nitrogen and oxygen atoms in total. The van der Waals surface area contributed by atoms with Crippen LogP contribution >= 0.6 is 38.5 Å². The first kappa shape index (κ1) is 14.9. The van der Waals surface area contributed by atoms with E-state index >= 15 is 0 Å². The van der Waals surface area contributed by atoms with Crippen LogP contribution in [-0.4, -0.2) is 12.5 Å². The van der Waals surface area contributed by atoms with Gasteiger partial charge in [0, 0.05) is 20.3 Å². The monoisotopic (exact) mass is 410 g/mol. The summed E-state index contributed by atoms with van der Waals surface area (Å²) in [7, 11) is 0. The van der Waals surface area contributed by atoms with Crippen molar-refractivity contribution in [3.8, 4) is 0 Å². The van der Waals surface area contributed by atoms with E-state index in [-0.39, 0.29) is 5.91 Å². The Balaban J connectivity index is 2.84. The third-order valence-corrected chi connectivity index (χ3v) is 5.29. The van der Waals surface area contributed by atoms with E-state index in [9.17, 15) is 4.79 Å². The minimum atomic E-state index is -0.504. The predicted molar refractivity (Wildman–Crippen MR) is 82.9 cm³/mol. The van der Waals surface area contributed by atoms with Gasteiger partial charge in [-0.25, -0.2) is 0 Å². The molecular weight excluding hydrogens is 395 g/mol. The van der Waals surface area contributed by atoms with Crippen LogP contribution in [0.1, 0.15) is 20.3 Å². The lowest BCUT2D eigenvalue weighted by atomic mass is 9.86. The molecule has 0 heterocycles. The molecule has 0 bridgehead atoms. The number of amides is 1. The number of anilines is 1. The molecule has 0 aliphatic heterocycles. The Kier molecular flexibility index (Phi) is 5.40. The number of benzene rings is 1. The summed E-state index contributed by atoms with van der Waals surface area (Å²) < 4.78 is 2.08. The fraction of sp³-hybridized carbons (Fsp3) is 0.417. The molecule has 1 aromatic rings. The zero-order valence-corrected chi connectivity index (χ0v) is 13.6. The average Bonchev–Trinajstić information content (AvgIpc) is 2.32. The number of hydrogen-bond donors (Lipinski definition) is 2. The Morgan fingerprint density at radius 3 is 2.71 bits per heavy atom. The summed E-state index contributed by atoms with van der Waals surface area (Å²) in [4.78, 5) is 12.1. The maximum atomic E-state index is 12.1. The van der Waals surface area contributed by atoms with Crippen molar-refractivity contribution in [3.05, 3.63) is 26.2 Å². The van der Waals surface area contributed by atoms with Gasteiger partial charge in [0.15, 0.2) is 0 Å². The van der Waals surface area contributed by atoms with Crippen molar-refractivity contribution >= 4 is 50.1 Å². The molecule has 0 radical (unpaired) electrons. The number of hydrogen-bond acceptors (Lipinski definition) is 2. The van der Waals surface area contributed by atoms with Crippen LogP contribution in [-0.2, 0) is 4.79 Å². The van der Waals surface area contributed by atoms with Gasteiger partial charge in [-0.05, 0) is 70.1 Å². The van der Waals surface area contributed by atoms with Gasteiger partial charge >= 0.3 is 0 Å². The standard InChI is InChI=1S/C12H16BrIN2O/c1-3-12(2,7-15)11(17)16-8-4-5-10(14)9(13)6-8/h4-6H,3,7,15H2,1-2H3,(H,16,17). The smallest absolute Gasteiger partial charge is 0.231 e. The number of carbonyl (C=O) groups excluding carboxylic acids is 1. The van der Waals surface area contributed by atoms with Gasteiger partial charge < -0.3 is 11.1 Å². The first-order valence-corrected chi connectivity index (χ1v) is 7.26. The summed E-state index contributed by atoms with van der Waals surface area (Å²) in [6, 6.07) is 5.73. The van der Waals surface area contributed by atoms with Crippen molar-refractivity contribution in [1.29, 1.82) is 0 Å². The minimum Gasteiger partial charge on any atom is -0.329 e. The molecule has 1 rings (SSSR count). The third-order valence-electron chi connectivity index (χ3n) is 2.96. The second-order valence-electron chi connectivity index (χ2n) is 4.20. The first-order valence-electron chi connectivity index (χ1n) is 5.39. The average molecular weight is 411 g/mol. The Labute approximate surface area is 124 Å². The van der Waals surface area contributed by atoms with Gasteiger partial charge in [0.2, 0.25) is 5.91 Å². The Hall–Kier alpha value is -0.140. The molecule has 5 heteroatoms. The topological polar surface area (TPSA) is 55.1 Å². The maximum absolute atomic E-state index is 12.1. The molecule has 1 aromatic carbocycles. The molecule has 0 saturated carbocycles. The molecule has 94 valence electrons. The number of carbonyl (C=O) groups is 1. The second-order valence-corrected chi connectivity index (χ2v) is 6.22. The van der Waals surface area contributed by atoms with Crippen LogP contribution in [0.3, 0.4) is 0 Å². The molecule has 1 unspecified atom stereocenters. The predicted octanol–water partition coefficient (Wildman–Crippen LogP) is 3.37. The van der Waals surface area contributed by atoms with E-state index in [2.05, 4.69) is 43.8 Å². The van der Waals surface area contributed by atoms with Gasteiger partial charge in [-0.3, -0.25) is 4.79 Å². The summed E-state index contributed by atoms with van der Waals surface area (Å²) in [6.07, 6.45) is 0.723. The molecule has 17 heavy (non-hydrogen) atoms. The van der Waals surface area contributed by atoms with E-state index in [4.69, 9.17) is 5.73 Å². The molecule has 0 aliphatic rings. The van der Waals surface area contributed by atoms with Crippen molar-refractivity contribution in [1.82, 2.24) is 0 Å². The van der Waals surface area contributed by atoms with E-state index in [1.165, 1.54) is 0 Å². The lowest BCUT2D eigenvalue weighted by molar-refractivity contribution is -0.124. The van der Waals surface area contributed by atoms with Crippen LogP contribution in [0, 0.1) is 8.99 Å². The van der Waals surface area contributed by atoms with Crippen LogP contribution in [0.5, 0.6) is 0 Å². The molecule has 3 N–H and O–H groups in total. The number of nitrogens with one attached hydrogen (secondary N) is 1. The molecular formula is C12H16BrIN2O. The van der Waals surface area contributed by atoms with E-state index in [0.717, 1.165) is 20.2 Å². The lowest BCUT2D eigenvalue weighted by Gasteiger charge is -2.25. The van der Waals surface area contributed by atoms with Crippen LogP contribution in [0.2, 0.25) is 0 Å². The van der Waals surface area contributed by atoms with Crippen LogP contribution in [0.15, 0.2) is 22.7 Å². The summed E-state index contributed by atoms with van der Waals surface area (Å²) in [6.45, 7) is 4.20. The maximum Gasteiger partial charge on any atom is 0.231 e. The molecule has 0 saturated heterocycles. The fourth-order valence-corrected chi connectivity index (χ4v) is 1.97. The minimum absolute atomic E-state index is 0.0318. The second kappa shape index (κ2) is 6.15. The molecule has 0 fully saturated rings. The van der Waals surface area contributed by atoms with Gasteiger partial charge in [0.05, 0.1) is 5.41 Å². The van der Waals surface area contributed by atoms with Crippen LogP contribution in [0.4, 0.5) is 5.69 Å². The lowest BCUT2D eigenvalue weighted by Crippen LogP contribution is -2.39. The zero-order valence-electron chi connectivity index (χ0n) is 9.89. The Morgan fingerprint density at radius 2 is 2.24 bits per heavy atom. The quantitative estimate of drug-likeness (QED) is 0.747. The van der Waals surface area contributed by atoms with Crippen molar-refractivity contribution in [3.63, 3.8) is 0 Å². The SMILES string of the molecule is CCC(C)(CN)C(=O)Nc1ccc(I)c(Br)c1. The molecule has 1 amide bonds. The number of halogens is 2. The van der Waals surface area contributed by atoms with Gasteiger partial charge in [0.1, 0.15) is 0 Å². The summed E-state index contributed by atoms with van der Waals surface area (Å²) >= 11 is 5.66. The zero-order chi connectivity index (χ0) is 13.1. The van der Waals surface area contributed by atoms with E-state index in [0.29, 0.717) is 6.54 Å². The molecule has 0 aliphatic carbocycles. The molecule has 0 aromatic heterocycles. The van der Waals surface area contributed by atoms with Crippen molar-refractivity contribution in [2.75, 3.05) is 11.9 Å². The van der Waals surface area contributed by atoms with Crippen molar-refractivity contribution in [2.45, 2.75) is 20.3 Å². The number of nitrogens with two attached hydrogens (primary N) is 1. The van der Waals surface area contributed by atoms with Crippen molar-refractivity contribution in [2.24, 2.45) is 11.1 Å². The fourth-order valence-electron chi connectivity index (χ4n) is 1.25. The van der Waals surface area contributed by atoms with Crippen LogP contribution < -0.4 is 11.1 Å². The van der Waals surface area contributed by atoms with Gasteiger partial charge in [-0.15, -0.1) is 0 Å². The summed E-state index contributed by atoms with van der Waals surface area (Å²) in [5.41, 5.74) is 5.94. The largest absolute Gasteiger partial charge is 0.329 e. The first-order chi connectivity index (χ1) is 7.92.